The number of benzene rings is 2. The summed E-state index contributed by atoms with van der Waals surface area (Å²) in [6.07, 6.45) is 1.39. The van der Waals surface area contributed by atoms with Crippen molar-refractivity contribution in [2.45, 2.75) is 6.92 Å². The van der Waals surface area contributed by atoms with Crippen LogP contribution >= 0.6 is 0 Å². The number of hydrogen-bond acceptors (Lipinski definition) is 3. The molecule has 2 N–H and O–H groups in total. The van der Waals surface area contributed by atoms with E-state index in [2.05, 4.69) is 15.6 Å². The van der Waals surface area contributed by atoms with E-state index in [9.17, 15) is 13.6 Å². The molecule has 0 aliphatic carbocycles. The van der Waals surface area contributed by atoms with Crippen LogP contribution in [-0.4, -0.2) is 10.9 Å². The molecule has 0 saturated heterocycles. The lowest BCUT2D eigenvalue weighted by atomic mass is 10.1. The molecule has 3 aromatic rings. The zero-order chi connectivity index (χ0) is 17.8. The Balaban J connectivity index is 1.72. The van der Waals surface area contributed by atoms with Crippen LogP contribution < -0.4 is 10.6 Å². The van der Waals surface area contributed by atoms with Crippen LogP contribution in [0, 0.1) is 18.6 Å². The minimum Gasteiger partial charge on any atom is -0.349 e. The molecule has 1 aromatic heterocycles. The van der Waals surface area contributed by atoms with E-state index in [1.54, 1.807) is 24.3 Å². The molecular formula is C19H15F2N3O. The van der Waals surface area contributed by atoms with Gasteiger partial charge in [-0.2, -0.15) is 0 Å². The number of aryl methyl sites for hydroxylation is 1. The predicted molar refractivity (Wildman–Crippen MR) is 93.0 cm³/mol. The lowest BCUT2D eigenvalue weighted by Crippen LogP contribution is -2.14. The van der Waals surface area contributed by atoms with Crippen molar-refractivity contribution in [3.8, 4) is 0 Å². The van der Waals surface area contributed by atoms with Crippen molar-refractivity contribution >= 4 is 23.1 Å². The molecule has 0 saturated carbocycles. The standard InChI is InChI=1S/C19H15F2N3O/c1-12-5-2-3-6-14(12)19(25)24-17-10-9-13(11-22-17)23-18-15(20)7-4-8-16(18)21/h2-11,23H,1H3,(H,22,24,25). The van der Waals surface area contributed by atoms with Gasteiger partial charge in [0.25, 0.3) is 5.91 Å². The number of nitrogens with one attached hydrogen (secondary N) is 2. The molecule has 4 nitrogen and oxygen atoms in total. The summed E-state index contributed by atoms with van der Waals surface area (Å²) >= 11 is 0. The van der Waals surface area contributed by atoms with Crippen molar-refractivity contribution in [1.29, 1.82) is 0 Å². The average Bonchev–Trinajstić information content (AvgIpc) is 2.60. The van der Waals surface area contributed by atoms with Gasteiger partial charge >= 0.3 is 0 Å². The molecule has 0 atom stereocenters. The van der Waals surface area contributed by atoms with Crippen LogP contribution in [-0.2, 0) is 0 Å². The molecule has 6 heteroatoms. The highest BCUT2D eigenvalue weighted by Gasteiger charge is 2.11. The third-order valence-corrected chi connectivity index (χ3v) is 3.63. The first-order valence-electron chi connectivity index (χ1n) is 7.58. The Hall–Kier alpha value is -3.28. The average molecular weight is 339 g/mol. The number of halogens is 2. The lowest BCUT2D eigenvalue weighted by molar-refractivity contribution is 0.102. The number of carbonyl (C=O) groups excluding carboxylic acids is 1. The van der Waals surface area contributed by atoms with Gasteiger partial charge in [0.2, 0.25) is 0 Å². The van der Waals surface area contributed by atoms with Crippen LogP contribution in [0.3, 0.4) is 0 Å². The van der Waals surface area contributed by atoms with Crippen LogP contribution in [0.5, 0.6) is 0 Å². The van der Waals surface area contributed by atoms with Gasteiger partial charge in [-0.25, -0.2) is 13.8 Å². The second kappa shape index (κ2) is 7.09. The number of nitrogens with zero attached hydrogens (tertiary/aromatic N) is 1. The molecule has 0 radical (unpaired) electrons. The summed E-state index contributed by atoms with van der Waals surface area (Å²) in [6, 6.07) is 13.9. The largest absolute Gasteiger partial charge is 0.349 e. The molecular weight excluding hydrogens is 324 g/mol. The van der Waals surface area contributed by atoms with Crippen LogP contribution in [0.25, 0.3) is 0 Å². The molecule has 25 heavy (non-hydrogen) atoms. The maximum Gasteiger partial charge on any atom is 0.257 e. The summed E-state index contributed by atoms with van der Waals surface area (Å²) < 4.78 is 27.3. The number of para-hydroxylation sites is 1. The second-order valence-electron chi connectivity index (χ2n) is 5.42. The van der Waals surface area contributed by atoms with E-state index in [4.69, 9.17) is 0 Å². The molecule has 0 spiro atoms. The van der Waals surface area contributed by atoms with Gasteiger partial charge < -0.3 is 10.6 Å². The lowest BCUT2D eigenvalue weighted by Gasteiger charge is -2.10. The van der Waals surface area contributed by atoms with E-state index in [0.29, 0.717) is 17.1 Å². The molecule has 1 heterocycles. The highest BCUT2D eigenvalue weighted by molar-refractivity contribution is 6.04. The van der Waals surface area contributed by atoms with Gasteiger partial charge in [-0.1, -0.05) is 24.3 Å². The number of carbonyl (C=O) groups is 1. The van der Waals surface area contributed by atoms with Gasteiger partial charge in [-0.15, -0.1) is 0 Å². The molecule has 0 unspecified atom stereocenters. The molecule has 0 aliphatic rings. The zero-order valence-corrected chi connectivity index (χ0v) is 13.4. The summed E-state index contributed by atoms with van der Waals surface area (Å²) in [4.78, 5) is 16.3. The first-order valence-corrected chi connectivity index (χ1v) is 7.58. The minimum atomic E-state index is -0.697. The quantitative estimate of drug-likeness (QED) is 0.727. The van der Waals surface area contributed by atoms with Crippen molar-refractivity contribution in [2.75, 3.05) is 10.6 Å². The van der Waals surface area contributed by atoms with Crippen molar-refractivity contribution in [3.63, 3.8) is 0 Å². The van der Waals surface area contributed by atoms with E-state index < -0.39 is 11.6 Å². The third-order valence-electron chi connectivity index (χ3n) is 3.63. The normalized spacial score (nSPS) is 10.4. The molecule has 1 amide bonds. The van der Waals surface area contributed by atoms with Crippen LogP contribution in [0.2, 0.25) is 0 Å². The Bertz CT molecular complexity index is 891. The minimum absolute atomic E-state index is 0.249. The second-order valence-corrected chi connectivity index (χ2v) is 5.42. The third kappa shape index (κ3) is 3.80. The summed E-state index contributed by atoms with van der Waals surface area (Å²) in [7, 11) is 0. The van der Waals surface area contributed by atoms with Crippen molar-refractivity contribution in [1.82, 2.24) is 4.98 Å². The summed E-state index contributed by atoms with van der Waals surface area (Å²) in [5.74, 6) is -1.33. The maximum atomic E-state index is 13.6. The van der Waals surface area contributed by atoms with Crippen molar-refractivity contribution in [2.24, 2.45) is 0 Å². The number of hydrogen-bond donors (Lipinski definition) is 2. The van der Waals surface area contributed by atoms with Gasteiger partial charge in [0.1, 0.15) is 23.1 Å². The number of anilines is 3. The summed E-state index contributed by atoms with van der Waals surface area (Å²) in [6.45, 7) is 1.85. The highest BCUT2D eigenvalue weighted by atomic mass is 19.1. The molecule has 0 aliphatic heterocycles. The molecule has 0 bridgehead atoms. The number of pyridine rings is 1. The monoisotopic (exact) mass is 339 g/mol. The van der Waals surface area contributed by atoms with Crippen LogP contribution in [0.15, 0.2) is 60.8 Å². The summed E-state index contributed by atoms with van der Waals surface area (Å²) in [5, 5.41) is 5.32. The Morgan fingerprint density at radius 3 is 2.32 bits per heavy atom. The topological polar surface area (TPSA) is 54.0 Å². The Morgan fingerprint density at radius 2 is 1.68 bits per heavy atom. The van der Waals surface area contributed by atoms with Gasteiger partial charge in [-0.3, -0.25) is 4.79 Å². The molecule has 126 valence electrons. The van der Waals surface area contributed by atoms with E-state index in [1.165, 1.54) is 12.3 Å². The first kappa shape index (κ1) is 16.6. The van der Waals surface area contributed by atoms with Crippen molar-refractivity contribution in [3.05, 3.63) is 83.6 Å². The van der Waals surface area contributed by atoms with Crippen molar-refractivity contribution < 1.29 is 13.6 Å². The molecule has 3 rings (SSSR count). The Morgan fingerprint density at radius 1 is 0.960 bits per heavy atom. The van der Waals surface area contributed by atoms with Gasteiger partial charge in [-0.05, 0) is 42.8 Å². The number of amides is 1. The fraction of sp³-hybridized carbons (Fsp3) is 0.0526. The van der Waals surface area contributed by atoms with Crippen LogP contribution in [0.1, 0.15) is 15.9 Å². The van der Waals surface area contributed by atoms with E-state index >= 15 is 0 Å². The Labute approximate surface area is 143 Å². The molecule has 0 fully saturated rings. The fourth-order valence-corrected chi connectivity index (χ4v) is 2.31. The first-order chi connectivity index (χ1) is 12.0. The van der Waals surface area contributed by atoms with Gasteiger partial charge in [0.05, 0.1) is 11.9 Å². The zero-order valence-electron chi connectivity index (χ0n) is 13.4. The smallest absolute Gasteiger partial charge is 0.257 e. The molecule has 2 aromatic carbocycles. The highest BCUT2D eigenvalue weighted by Crippen LogP contribution is 2.23. The summed E-state index contributed by atoms with van der Waals surface area (Å²) in [5.41, 5.74) is 1.56. The predicted octanol–water partition coefficient (Wildman–Crippen LogP) is 4.66. The van der Waals surface area contributed by atoms with Gasteiger partial charge in [0.15, 0.2) is 0 Å². The number of aromatic nitrogens is 1. The number of rotatable bonds is 4. The fourth-order valence-electron chi connectivity index (χ4n) is 2.31. The Kier molecular flexibility index (Phi) is 4.70. The van der Waals surface area contributed by atoms with Crippen LogP contribution in [0.4, 0.5) is 26.0 Å². The van der Waals surface area contributed by atoms with E-state index in [0.717, 1.165) is 17.7 Å². The SMILES string of the molecule is Cc1ccccc1C(=O)Nc1ccc(Nc2c(F)cccc2F)cn1. The maximum absolute atomic E-state index is 13.6. The van der Waals surface area contributed by atoms with E-state index in [1.807, 2.05) is 19.1 Å². The van der Waals surface area contributed by atoms with Gasteiger partial charge in [0, 0.05) is 5.56 Å². The van der Waals surface area contributed by atoms with E-state index in [-0.39, 0.29) is 11.6 Å².